The summed E-state index contributed by atoms with van der Waals surface area (Å²) in [5.74, 6) is -2.77. The highest BCUT2D eigenvalue weighted by Gasteiger charge is 2.79. The van der Waals surface area contributed by atoms with Gasteiger partial charge in [-0.1, -0.05) is 32.0 Å². The molecule has 1 aromatic carbocycles. The van der Waals surface area contributed by atoms with Crippen LogP contribution in [-0.4, -0.2) is 42.2 Å². The first-order chi connectivity index (χ1) is 11.8. The first-order valence-corrected chi connectivity index (χ1v) is 8.98. The SMILES string of the molecule is COC(=O)[C@H]1[C@H]2S[C@@]3([C@H]1C(=O)OC)N(C2=O)c1ccccc1C3(C)C. The van der Waals surface area contributed by atoms with Crippen LogP contribution in [0.15, 0.2) is 24.3 Å². The summed E-state index contributed by atoms with van der Waals surface area (Å²) in [6.45, 7) is 4.04. The van der Waals surface area contributed by atoms with Gasteiger partial charge < -0.3 is 9.47 Å². The number of ether oxygens (including phenoxy) is 2. The number of nitrogens with zero attached hydrogens (tertiary/aromatic N) is 1. The smallest absolute Gasteiger partial charge is 0.312 e. The summed E-state index contributed by atoms with van der Waals surface area (Å²) < 4.78 is 9.96. The van der Waals surface area contributed by atoms with Crippen LogP contribution >= 0.6 is 11.8 Å². The van der Waals surface area contributed by atoms with E-state index in [4.69, 9.17) is 9.47 Å². The first kappa shape index (κ1) is 16.4. The third kappa shape index (κ3) is 1.65. The molecule has 1 spiro atoms. The number of methoxy groups -OCH3 is 2. The van der Waals surface area contributed by atoms with Crippen molar-refractivity contribution < 1.29 is 23.9 Å². The van der Waals surface area contributed by atoms with Gasteiger partial charge in [0.25, 0.3) is 0 Å². The molecule has 3 aliphatic rings. The van der Waals surface area contributed by atoms with Crippen LogP contribution in [0.25, 0.3) is 0 Å². The van der Waals surface area contributed by atoms with Gasteiger partial charge in [-0.05, 0) is 11.6 Å². The van der Waals surface area contributed by atoms with Gasteiger partial charge in [0.2, 0.25) is 5.91 Å². The van der Waals surface area contributed by atoms with Crippen molar-refractivity contribution in [3.8, 4) is 0 Å². The summed E-state index contributed by atoms with van der Waals surface area (Å²) in [5.41, 5.74) is 1.28. The molecule has 7 heteroatoms. The summed E-state index contributed by atoms with van der Waals surface area (Å²) in [6.07, 6.45) is 0. The summed E-state index contributed by atoms with van der Waals surface area (Å²) in [6, 6.07) is 7.67. The molecular formula is C18H19NO5S. The number of fused-ring (bicyclic) bond motifs is 3. The Morgan fingerprint density at radius 2 is 1.76 bits per heavy atom. The Morgan fingerprint density at radius 1 is 1.12 bits per heavy atom. The zero-order chi connectivity index (χ0) is 18.1. The second-order valence-electron chi connectivity index (χ2n) is 7.10. The standard InChI is InChI=1S/C18H19NO5S/c1-17(2)9-7-5-6-8-10(9)19-14(20)13-11(15(21)23-3)12(16(22)24-4)18(17,19)25-13/h5-8,11-13H,1-4H3/t11-,12-,13-,18-/m1/s1. The van der Waals surface area contributed by atoms with Crippen molar-refractivity contribution >= 4 is 35.3 Å². The summed E-state index contributed by atoms with van der Waals surface area (Å²) >= 11 is 1.40. The van der Waals surface area contributed by atoms with Crippen LogP contribution < -0.4 is 4.90 Å². The van der Waals surface area contributed by atoms with Crippen molar-refractivity contribution in [2.45, 2.75) is 29.4 Å². The fourth-order valence-electron chi connectivity index (χ4n) is 4.78. The molecule has 1 amide bonds. The summed E-state index contributed by atoms with van der Waals surface area (Å²) in [4.78, 5) is 39.1. The van der Waals surface area contributed by atoms with Crippen molar-refractivity contribution in [2.24, 2.45) is 11.8 Å². The maximum atomic E-state index is 13.1. The lowest BCUT2D eigenvalue weighted by atomic mass is 9.68. The highest BCUT2D eigenvalue weighted by molar-refractivity contribution is 8.03. The lowest BCUT2D eigenvalue weighted by Gasteiger charge is -2.45. The number of hydrogen-bond acceptors (Lipinski definition) is 6. The zero-order valence-electron chi connectivity index (χ0n) is 14.4. The van der Waals surface area contributed by atoms with E-state index < -0.39 is 39.3 Å². The molecule has 4 atom stereocenters. The molecule has 0 saturated carbocycles. The predicted octanol–water partition coefficient (Wildman–Crippen LogP) is 1.71. The lowest BCUT2D eigenvalue weighted by molar-refractivity contribution is -0.161. The fraction of sp³-hybridized carbons (Fsp3) is 0.500. The molecule has 25 heavy (non-hydrogen) atoms. The maximum Gasteiger partial charge on any atom is 0.312 e. The van der Waals surface area contributed by atoms with Crippen molar-refractivity contribution in [2.75, 3.05) is 19.1 Å². The fourth-order valence-corrected chi connectivity index (χ4v) is 6.87. The van der Waals surface area contributed by atoms with Gasteiger partial charge in [-0.25, -0.2) is 0 Å². The number of thioether (sulfide) groups is 1. The second kappa shape index (κ2) is 5.00. The monoisotopic (exact) mass is 361 g/mol. The highest BCUT2D eigenvalue weighted by Crippen LogP contribution is 2.71. The topological polar surface area (TPSA) is 72.9 Å². The van der Waals surface area contributed by atoms with E-state index in [1.54, 1.807) is 4.90 Å². The minimum atomic E-state index is -0.885. The van der Waals surface area contributed by atoms with Crippen LogP contribution in [0.4, 0.5) is 5.69 Å². The Balaban J connectivity index is 1.98. The molecule has 0 radical (unpaired) electrons. The Hall–Kier alpha value is -2.02. The zero-order valence-corrected chi connectivity index (χ0v) is 15.3. The van der Waals surface area contributed by atoms with Crippen LogP contribution in [0.5, 0.6) is 0 Å². The molecule has 0 aliphatic carbocycles. The highest BCUT2D eigenvalue weighted by atomic mass is 32.2. The first-order valence-electron chi connectivity index (χ1n) is 8.10. The molecule has 3 aliphatic heterocycles. The Morgan fingerprint density at radius 3 is 2.40 bits per heavy atom. The molecular weight excluding hydrogens is 342 g/mol. The molecule has 0 aromatic heterocycles. The van der Waals surface area contributed by atoms with Crippen molar-refractivity contribution in [1.29, 1.82) is 0 Å². The molecule has 3 heterocycles. The number of esters is 2. The van der Waals surface area contributed by atoms with E-state index in [-0.39, 0.29) is 5.91 Å². The number of piperidine rings is 1. The van der Waals surface area contributed by atoms with E-state index >= 15 is 0 Å². The van der Waals surface area contributed by atoms with Crippen LogP contribution in [0.1, 0.15) is 19.4 Å². The van der Waals surface area contributed by atoms with E-state index in [0.717, 1.165) is 11.3 Å². The Labute approximate surface area is 149 Å². The van der Waals surface area contributed by atoms with E-state index in [2.05, 4.69) is 0 Å². The number of carbonyl (C=O) groups is 3. The van der Waals surface area contributed by atoms with Crippen molar-refractivity contribution in [3.63, 3.8) is 0 Å². The average Bonchev–Trinajstić information content (AvgIpc) is 3.18. The van der Waals surface area contributed by atoms with E-state index in [0.29, 0.717) is 0 Å². The van der Waals surface area contributed by atoms with Gasteiger partial charge in [-0.3, -0.25) is 19.3 Å². The van der Waals surface area contributed by atoms with Gasteiger partial charge in [0, 0.05) is 11.1 Å². The van der Waals surface area contributed by atoms with Crippen LogP contribution in [0, 0.1) is 11.8 Å². The van der Waals surface area contributed by atoms with Crippen LogP contribution in [-0.2, 0) is 29.3 Å². The molecule has 2 bridgehead atoms. The van der Waals surface area contributed by atoms with Crippen LogP contribution in [0.2, 0.25) is 0 Å². The number of anilines is 1. The minimum Gasteiger partial charge on any atom is -0.469 e. The molecule has 1 aromatic rings. The molecule has 132 valence electrons. The van der Waals surface area contributed by atoms with Gasteiger partial charge in [0.15, 0.2) is 0 Å². The number of rotatable bonds is 2. The number of para-hydroxylation sites is 1. The van der Waals surface area contributed by atoms with Crippen molar-refractivity contribution in [3.05, 3.63) is 29.8 Å². The molecule has 2 fully saturated rings. The van der Waals surface area contributed by atoms with E-state index in [1.807, 2.05) is 38.1 Å². The number of carbonyl (C=O) groups excluding carboxylic acids is 3. The van der Waals surface area contributed by atoms with Gasteiger partial charge in [-0.2, -0.15) is 0 Å². The molecule has 6 nitrogen and oxygen atoms in total. The van der Waals surface area contributed by atoms with Gasteiger partial charge in [0.05, 0.1) is 20.1 Å². The number of hydrogen-bond donors (Lipinski definition) is 0. The quantitative estimate of drug-likeness (QED) is 0.747. The van der Waals surface area contributed by atoms with Gasteiger partial charge in [-0.15, -0.1) is 11.8 Å². The Kier molecular flexibility index (Phi) is 3.29. The molecule has 0 N–H and O–H groups in total. The number of amides is 1. The normalized spacial score (nSPS) is 33.8. The summed E-state index contributed by atoms with van der Waals surface area (Å²) in [5, 5.41) is -0.635. The maximum absolute atomic E-state index is 13.1. The largest absolute Gasteiger partial charge is 0.469 e. The minimum absolute atomic E-state index is 0.140. The van der Waals surface area contributed by atoms with E-state index in [9.17, 15) is 14.4 Å². The molecule has 2 saturated heterocycles. The average molecular weight is 361 g/mol. The molecule has 4 rings (SSSR count). The summed E-state index contributed by atoms with van der Waals surface area (Å²) in [7, 11) is 2.59. The van der Waals surface area contributed by atoms with Crippen molar-refractivity contribution in [1.82, 2.24) is 0 Å². The third-order valence-corrected chi connectivity index (χ3v) is 7.91. The van der Waals surface area contributed by atoms with Gasteiger partial charge in [0.1, 0.15) is 16.0 Å². The number of benzene rings is 1. The molecule has 0 unspecified atom stereocenters. The van der Waals surface area contributed by atoms with Crippen LogP contribution in [0.3, 0.4) is 0 Å². The predicted molar refractivity (Wildman–Crippen MR) is 92.1 cm³/mol. The van der Waals surface area contributed by atoms with Gasteiger partial charge >= 0.3 is 11.9 Å². The third-order valence-electron chi connectivity index (χ3n) is 5.85. The second-order valence-corrected chi connectivity index (χ2v) is 8.47. The lowest BCUT2D eigenvalue weighted by Crippen LogP contribution is -2.63. The van der Waals surface area contributed by atoms with E-state index in [1.165, 1.54) is 26.0 Å². The Bertz CT molecular complexity index is 806.